The molecule has 0 aliphatic rings. The van der Waals surface area contributed by atoms with Crippen LogP contribution in [0, 0.1) is 28.7 Å². The predicted molar refractivity (Wildman–Crippen MR) is 49.7 cm³/mol. The molecule has 0 spiro atoms. The van der Waals surface area contributed by atoms with Crippen molar-refractivity contribution in [2.75, 3.05) is 0 Å². The molecule has 0 saturated carbocycles. The number of carboxylic acid groups (broad SMARTS) is 1. The molecule has 16 heavy (non-hydrogen) atoms. The predicted octanol–water partition coefficient (Wildman–Crippen LogP) is 2.53. The molecule has 0 saturated heterocycles. The van der Waals surface area contributed by atoms with Gasteiger partial charge < -0.3 is 5.11 Å². The number of hydrogen-bond acceptors (Lipinski definition) is 3. The molecule has 86 valence electrons. The van der Waals surface area contributed by atoms with Crippen LogP contribution in [0.4, 0.5) is 14.5 Å². The second-order valence-corrected chi connectivity index (χ2v) is 3.23. The summed E-state index contributed by atoms with van der Waals surface area (Å²) in [4.78, 5) is 19.7. The zero-order chi connectivity index (χ0) is 12.6. The van der Waals surface area contributed by atoms with Crippen LogP contribution in [0.3, 0.4) is 0 Å². The van der Waals surface area contributed by atoms with Gasteiger partial charge in [0, 0.05) is 5.56 Å². The second-order valence-electron chi connectivity index (χ2n) is 2.85. The Morgan fingerprint density at radius 2 is 1.94 bits per heavy atom. The van der Waals surface area contributed by atoms with E-state index in [2.05, 4.69) is 0 Å². The Balaban J connectivity index is 3.83. The average molecular weight is 252 g/mol. The molecule has 0 bridgehead atoms. The van der Waals surface area contributed by atoms with Gasteiger partial charge in [0.1, 0.15) is 5.82 Å². The lowest BCUT2D eigenvalue weighted by Gasteiger charge is -2.06. The van der Waals surface area contributed by atoms with Crippen LogP contribution in [0.25, 0.3) is 0 Å². The number of nitrogens with zero attached hydrogens (tertiary/aromatic N) is 1. The average Bonchev–Trinajstić information content (AvgIpc) is 2.18. The van der Waals surface area contributed by atoms with Crippen molar-refractivity contribution >= 4 is 23.3 Å². The Morgan fingerprint density at radius 3 is 2.31 bits per heavy atom. The van der Waals surface area contributed by atoms with E-state index in [1.165, 1.54) is 0 Å². The zero-order valence-electron chi connectivity index (χ0n) is 7.75. The van der Waals surface area contributed by atoms with Crippen LogP contribution in [0.5, 0.6) is 0 Å². The van der Waals surface area contributed by atoms with Crippen LogP contribution in [0.1, 0.15) is 15.9 Å². The quantitative estimate of drug-likeness (QED) is 0.497. The molecule has 0 unspecified atom stereocenters. The topological polar surface area (TPSA) is 80.4 Å². The van der Waals surface area contributed by atoms with E-state index in [9.17, 15) is 23.7 Å². The molecule has 0 radical (unpaired) electrons. The molecule has 1 aromatic carbocycles. The fourth-order valence-corrected chi connectivity index (χ4v) is 1.31. The van der Waals surface area contributed by atoms with Crippen molar-refractivity contribution in [2.24, 2.45) is 0 Å². The lowest BCUT2D eigenvalue weighted by Crippen LogP contribution is -2.10. The Morgan fingerprint density at radius 1 is 1.44 bits per heavy atom. The van der Waals surface area contributed by atoms with Crippen molar-refractivity contribution in [1.82, 2.24) is 0 Å². The molecule has 5 nitrogen and oxygen atoms in total. The third kappa shape index (κ3) is 1.69. The number of hydrogen-bond donors (Lipinski definition) is 1. The summed E-state index contributed by atoms with van der Waals surface area (Å²) < 4.78 is 26.7. The van der Waals surface area contributed by atoms with Crippen molar-refractivity contribution < 1.29 is 23.6 Å². The molecule has 8 heteroatoms. The third-order valence-corrected chi connectivity index (χ3v) is 2.36. The van der Waals surface area contributed by atoms with E-state index in [0.717, 1.165) is 6.92 Å². The first-order valence-corrected chi connectivity index (χ1v) is 4.21. The summed E-state index contributed by atoms with van der Waals surface area (Å²) in [5, 5.41) is 18.2. The first kappa shape index (κ1) is 12.3. The van der Waals surface area contributed by atoms with E-state index in [1.54, 1.807) is 0 Å². The lowest BCUT2D eigenvalue weighted by molar-refractivity contribution is -0.388. The molecule has 0 aromatic heterocycles. The van der Waals surface area contributed by atoms with E-state index < -0.39 is 44.4 Å². The van der Waals surface area contributed by atoms with Gasteiger partial charge in [-0.2, -0.15) is 4.39 Å². The minimum Gasteiger partial charge on any atom is -0.477 e. The summed E-state index contributed by atoms with van der Waals surface area (Å²) in [6.07, 6.45) is 0. The minimum atomic E-state index is -1.93. The zero-order valence-corrected chi connectivity index (χ0v) is 8.51. The first-order chi connectivity index (χ1) is 7.29. The van der Waals surface area contributed by atoms with E-state index in [-0.39, 0.29) is 0 Å². The molecule has 0 heterocycles. The summed E-state index contributed by atoms with van der Waals surface area (Å²) >= 11 is 5.30. The van der Waals surface area contributed by atoms with E-state index in [1.807, 2.05) is 0 Å². The van der Waals surface area contributed by atoms with Crippen LogP contribution < -0.4 is 0 Å². The number of halogens is 3. The largest absolute Gasteiger partial charge is 0.477 e. The van der Waals surface area contributed by atoms with Crippen molar-refractivity contribution in [1.29, 1.82) is 0 Å². The van der Waals surface area contributed by atoms with Gasteiger partial charge in [-0.1, -0.05) is 11.6 Å². The Labute approximate surface area is 92.4 Å². The normalized spacial score (nSPS) is 10.2. The number of carboxylic acids is 1. The van der Waals surface area contributed by atoms with Gasteiger partial charge in [-0.3, -0.25) is 10.1 Å². The van der Waals surface area contributed by atoms with Gasteiger partial charge >= 0.3 is 11.7 Å². The maximum atomic E-state index is 13.4. The minimum absolute atomic E-state index is 0.484. The number of nitro groups is 1. The van der Waals surface area contributed by atoms with Gasteiger partial charge in [0.25, 0.3) is 0 Å². The third-order valence-electron chi connectivity index (χ3n) is 1.91. The molecule has 0 aliphatic heterocycles. The summed E-state index contributed by atoms with van der Waals surface area (Å²) in [7, 11) is 0. The van der Waals surface area contributed by atoms with Gasteiger partial charge in [0.2, 0.25) is 5.82 Å². The lowest BCUT2D eigenvalue weighted by atomic mass is 10.1. The molecular weight excluding hydrogens is 248 g/mol. The van der Waals surface area contributed by atoms with Crippen molar-refractivity contribution in [3.05, 3.63) is 37.9 Å². The highest BCUT2D eigenvalue weighted by Gasteiger charge is 2.33. The summed E-state index contributed by atoms with van der Waals surface area (Å²) in [6.45, 7) is 1.02. The molecule has 1 rings (SSSR count). The SMILES string of the molecule is Cc1c(F)c(C(=O)O)c([N+](=O)[O-])c(F)c1Cl. The number of nitro benzene ring substituents is 1. The highest BCUT2D eigenvalue weighted by Crippen LogP contribution is 2.34. The maximum absolute atomic E-state index is 13.4. The van der Waals surface area contributed by atoms with Gasteiger partial charge in [-0.15, -0.1) is 0 Å². The highest BCUT2D eigenvalue weighted by atomic mass is 35.5. The number of aromatic carboxylic acids is 1. The van der Waals surface area contributed by atoms with Crippen LogP contribution in [0.2, 0.25) is 5.02 Å². The molecule has 1 N–H and O–H groups in total. The van der Waals surface area contributed by atoms with Gasteiger partial charge in [-0.25, -0.2) is 9.18 Å². The van der Waals surface area contributed by atoms with Crippen LogP contribution >= 0.6 is 11.6 Å². The molecular formula is C8H4ClF2NO4. The number of benzene rings is 1. The fraction of sp³-hybridized carbons (Fsp3) is 0.125. The van der Waals surface area contributed by atoms with Crippen molar-refractivity contribution in [3.8, 4) is 0 Å². The first-order valence-electron chi connectivity index (χ1n) is 3.83. The smallest absolute Gasteiger partial charge is 0.345 e. The second kappa shape index (κ2) is 4.01. The van der Waals surface area contributed by atoms with Crippen molar-refractivity contribution in [2.45, 2.75) is 6.92 Å². The Kier molecular flexibility index (Phi) is 3.09. The molecule has 0 aliphatic carbocycles. The summed E-state index contributed by atoms with van der Waals surface area (Å²) in [5.41, 5.74) is -3.29. The van der Waals surface area contributed by atoms with Gasteiger partial charge in [0.15, 0.2) is 5.56 Å². The number of rotatable bonds is 2. The van der Waals surface area contributed by atoms with E-state index in [0.29, 0.717) is 0 Å². The maximum Gasteiger partial charge on any atom is 0.345 e. The molecule has 0 atom stereocenters. The summed E-state index contributed by atoms with van der Waals surface area (Å²) in [6, 6.07) is 0. The van der Waals surface area contributed by atoms with E-state index >= 15 is 0 Å². The molecule has 1 aromatic rings. The molecule has 0 fully saturated rings. The van der Waals surface area contributed by atoms with Crippen LogP contribution in [-0.2, 0) is 0 Å². The van der Waals surface area contributed by atoms with Gasteiger partial charge in [0.05, 0.1) is 9.95 Å². The van der Waals surface area contributed by atoms with Gasteiger partial charge in [-0.05, 0) is 6.92 Å². The Bertz CT molecular complexity index is 459. The standard InChI is InChI=1S/C8H4ClF2NO4/c1-2-4(9)6(11)7(12(15)16)3(5(2)10)8(13)14/h1H3,(H,13,14). The van der Waals surface area contributed by atoms with E-state index in [4.69, 9.17) is 16.7 Å². The molecule has 0 amide bonds. The highest BCUT2D eigenvalue weighted by molar-refractivity contribution is 6.32. The fourth-order valence-electron chi connectivity index (χ4n) is 1.13. The monoisotopic (exact) mass is 251 g/mol. The van der Waals surface area contributed by atoms with Crippen molar-refractivity contribution in [3.63, 3.8) is 0 Å². The van der Waals surface area contributed by atoms with Crippen LogP contribution in [0.15, 0.2) is 0 Å². The summed E-state index contributed by atoms with van der Waals surface area (Å²) in [5.74, 6) is -4.89. The Hall–Kier alpha value is -1.76. The number of carbonyl (C=O) groups is 1. The van der Waals surface area contributed by atoms with Crippen LogP contribution in [-0.4, -0.2) is 16.0 Å².